The van der Waals surface area contributed by atoms with Crippen molar-refractivity contribution in [2.24, 2.45) is 0 Å². The monoisotopic (exact) mass is 374 g/mol. The van der Waals surface area contributed by atoms with Crippen LogP contribution in [0.3, 0.4) is 0 Å². The first-order chi connectivity index (χ1) is 11.1. The molecule has 0 N–H and O–H groups in total. The summed E-state index contributed by atoms with van der Waals surface area (Å²) in [6, 6.07) is 7.96. The van der Waals surface area contributed by atoms with Crippen LogP contribution in [0.25, 0.3) is 0 Å². The van der Waals surface area contributed by atoms with Gasteiger partial charge >= 0.3 is 0 Å². The fraction of sp³-hybridized carbons (Fsp3) is 0.353. The summed E-state index contributed by atoms with van der Waals surface area (Å²) in [5.41, 5.74) is 1.69. The summed E-state index contributed by atoms with van der Waals surface area (Å²) >= 11 is 3.37. The number of hydrogen-bond donors (Lipinski definition) is 0. The van der Waals surface area contributed by atoms with E-state index in [1.165, 1.54) is 0 Å². The molecule has 2 aromatic heterocycles. The molecule has 5 nitrogen and oxygen atoms in total. The van der Waals surface area contributed by atoms with E-state index in [4.69, 9.17) is 0 Å². The van der Waals surface area contributed by atoms with Crippen LogP contribution in [-0.2, 0) is 6.54 Å². The van der Waals surface area contributed by atoms with Crippen LogP contribution in [0, 0.1) is 0 Å². The SMILES string of the molecule is CC1CN(Cc2ccccn2)CCN1C(=O)c1cncc(Br)c1. The Bertz CT molecular complexity index is 679. The first-order valence-corrected chi connectivity index (χ1v) is 8.46. The Balaban J connectivity index is 1.63. The number of halogens is 1. The average molecular weight is 375 g/mol. The van der Waals surface area contributed by atoms with Crippen LogP contribution in [0.2, 0.25) is 0 Å². The summed E-state index contributed by atoms with van der Waals surface area (Å²) in [7, 11) is 0. The normalized spacial score (nSPS) is 18.9. The minimum absolute atomic E-state index is 0.0452. The Labute approximate surface area is 144 Å². The van der Waals surface area contributed by atoms with Crippen molar-refractivity contribution < 1.29 is 4.79 Å². The smallest absolute Gasteiger partial charge is 0.255 e. The van der Waals surface area contributed by atoms with Crippen LogP contribution in [0.5, 0.6) is 0 Å². The van der Waals surface area contributed by atoms with Crippen molar-refractivity contribution in [3.8, 4) is 0 Å². The zero-order valence-corrected chi connectivity index (χ0v) is 14.6. The van der Waals surface area contributed by atoms with Gasteiger partial charge in [0.15, 0.2) is 0 Å². The number of nitrogens with zero attached hydrogens (tertiary/aromatic N) is 4. The molecule has 1 fully saturated rings. The summed E-state index contributed by atoms with van der Waals surface area (Å²) in [5, 5.41) is 0. The zero-order chi connectivity index (χ0) is 16.2. The molecule has 1 unspecified atom stereocenters. The van der Waals surface area contributed by atoms with Gasteiger partial charge < -0.3 is 4.90 Å². The molecular formula is C17H19BrN4O. The second kappa shape index (κ2) is 7.19. The molecule has 1 atom stereocenters. The largest absolute Gasteiger partial charge is 0.333 e. The molecule has 0 aliphatic carbocycles. The van der Waals surface area contributed by atoms with Gasteiger partial charge in [-0.1, -0.05) is 6.07 Å². The van der Waals surface area contributed by atoms with Crippen LogP contribution < -0.4 is 0 Å². The van der Waals surface area contributed by atoms with Crippen molar-refractivity contribution in [2.45, 2.75) is 19.5 Å². The van der Waals surface area contributed by atoms with E-state index in [-0.39, 0.29) is 11.9 Å². The van der Waals surface area contributed by atoms with Crippen molar-refractivity contribution in [3.63, 3.8) is 0 Å². The fourth-order valence-electron chi connectivity index (χ4n) is 2.89. The van der Waals surface area contributed by atoms with Gasteiger partial charge in [-0.2, -0.15) is 0 Å². The number of rotatable bonds is 3. The second-order valence-corrected chi connectivity index (χ2v) is 6.71. The molecule has 0 aromatic carbocycles. The van der Waals surface area contributed by atoms with Gasteiger partial charge in [-0.3, -0.25) is 19.7 Å². The lowest BCUT2D eigenvalue weighted by atomic mass is 10.1. The van der Waals surface area contributed by atoms with E-state index in [1.807, 2.05) is 35.4 Å². The van der Waals surface area contributed by atoms with Crippen LogP contribution in [0.1, 0.15) is 23.0 Å². The first-order valence-electron chi connectivity index (χ1n) is 7.67. The Morgan fingerprint density at radius 2 is 2.22 bits per heavy atom. The Morgan fingerprint density at radius 1 is 1.35 bits per heavy atom. The standard InChI is InChI=1S/C17H19BrN4O/c1-13-11-21(12-16-4-2-3-5-20-16)6-7-22(13)17(23)14-8-15(18)10-19-9-14/h2-5,8-10,13H,6-7,11-12H2,1H3. The summed E-state index contributed by atoms with van der Waals surface area (Å²) in [6.07, 6.45) is 5.13. The van der Waals surface area contributed by atoms with Crippen molar-refractivity contribution in [1.82, 2.24) is 19.8 Å². The number of carbonyl (C=O) groups is 1. The van der Waals surface area contributed by atoms with E-state index in [2.05, 4.69) is 37.7 Å². The molecule has 1 amide bonds. The van der Waals surface area contributed by atoms with Gasteiger partial charge in [-0.25, -0.2) is 0 Å². The molecule has 0 bridgehead atoms. The Hall–Kier alpha value is -1.79. The van der Waals surface area contributed by atoms with E-state index in [9.17, 15) is 4.79 Å². The molecule has 1 aliphatic rings. The maximum Gasteiger partial charge on any atom is 0.255 e. The van der Waals surface area contributed by atoms with Crippen LogP contribution in [-0.4, -0.2) is 51.4 Å². The Morgan fingerprint density at radius 3 is 2.91 bits per heavy atom. The molecule has 0 radical (unpaired) electrons. The third kappa shape index (κ3) is 3.95. The zero-order valence-electron chi connectivity index (χ0n) is 13.0. The summed E-state index contributed by atoms with van der Waals surface area (Å²) in [4.78, 5) is 25.4. The van der Waals surface area contributed by atoms with Crippen molar-refractivity contribution in [1.29, 1.82) is 0 Å². The maximum atomic E-state index is 12.7. The van der Waals surface area contributed by atoms with Gasteiger partial charge in [0.2, 0.25) is 0 Å². The molecule has 2 aromatic rings. The number of hydrogen-bond acceptors (Lipinski definition) is 4. The maximum absolute atomic E-state index is 12.7. The lowest BCUT2D eigenvalue weighted by Gasteiger charge is -2.39. The van der Waals surface area contributed by atoms with Crippen LogP contribution >= 0.6 is 15.9 Å². The highest BCUT2D eigenvalue weighted by Crippen LogP contribution is 2.17. The lowest BCUT2D eigenvalue weighted by molar-refractivity contribution is 0.0473. The third-order valence-electron chi connectivity index (χ3n) is 4.04. The molecule has 120 valence electrons. The van der Waals surface area contributed by atoms with E-state index < -0.39 is 0 Å². The molecule has 3 rings (SSSR count). The minimum atomic E-state index is 0.0452. The predicted molar refractivity (Wildman–Crippen MR) is 91.9 cm³/mol. The van der Waals surface area contributed by atoms with E-state index in [0.717, 1.165) is 36.3 Å². The van der Waals surface area contributed by atoms with Crippen molar-refractivity contribution in [2.75, 3.05) is 19.6 Å². The molecule has 1 saturated heterocycles. The number of pyridine rings is 2. The summed E-state index contributed by atoms with van der Waals surface area (Å²) in [5.74, 6) is 0.0452. The second-order valence-electron chi connectivity index (χ2n) is 5.80. The molecule has 6 heteroatoms. The van der Waals surface area contributed by atoms with Gasteiger partial charge in [-0.05, 0) is 41.1 Å². The van der Waals surface area contributed by atoms with E-state index in [0.29, 0.717) is 5.56 Å². The Kier molecular flexibility index (Phi) is 5.03. The fourth-order valence-corrected chi connectivity index (χ4v) is 3.26. The molecule has 3 heterocycles. The summed E-state index contributed by atoms with van der Waals surface area (Å²) < 4.78 is 0.824. The highest BCUT2D eigenvalue weighted by Gasteiger charge is 2.28. The highest BCUT2D eigenvalue weighted by molar-refractivity contribution is 9.10. The average Bonchev–Trinajstić information content (AvgIpc) is 2.55. The molecule has 23 heavy (non-hydrogen) atoms. The molecule has 0 saturated carbocycles. The van der Waals surface area contributed by atoms with E-state index in [1.54, 1.807) is 12.4 Å². The minimum Gasteiger partial charge on any atom is -0.333 e. The van der Waals surface area contributed by atoms with Gasteiger partial charge in [0.05, 0.1) is 11.3 Å². The molecule has 0 spiro atoms. The molecular weight excluding hydrogens is 356 g/mol. The molecule has 1 aliphatic heterocycles. The number of amides is 1. The first kappa shape index (κ1) is 16.1. The number of aromatic nitrogens is 2. The lowest BCUT2D eigenvalue weighted by Crippen LogP contribution is -2.53. The van der Waals surface area contributed by atoms with Gasteiger partial charge in [-0.15, -0.1) is 0 Å². The number of carbonyl (C=O) groups excluding carboxylic acids is 1. The van der Waals surface area contributed by atoms with Gasteiger partial charge in [0.25, 0.3) is 5.91 Å². The summed E-state index contributed by atoms with van der Waals surface area (Å²) in [6.45, 7) is 5.34. The highest BCUT2D eigenvalue weighted by atomic mass is 79.9. The van der Waals surface area contributed by atoms with Crippen LogP contribution in [0.15, 0.2) is 47.3 Å². The van der Waals surface area contributed by atoms with Gasteiger partial charge in [0.1, 0.15) is 0 Å². The topological polar surface area (TPSA) is 49.3 Å². The number of piperazine rings is 1. The van der Waals surface area contributed by atoms with Gasteiger partial charge in [0, 0.05) is 55.3 Å². The van der Waals surface area contributed by atoms with Crippen molar-refractivity contribution in [3.05, 3.63) is 58.6 Å². The quantitative estimate of drug-likeness (QED) is 0.828. The predicted octanol–water partition coefficient (Wildman–Crippen LogP) is 2.59. The van der Waals surface area contributed by atoms with Crippen molar-refractivity contribution >= 4 is 21.8 Å². The van der Waals surface area contributed by atoms with E-state index >= 15 is 0 Å². The van der Waals surface area contributed by atoms with Crippen LogP contribution in [0.4, 0.5) is 0 Å². The third-order valence-corrected chi connectivity index (χ3v) is 4.47.